The van der Waals surface area contributed by atoms with Crippen LogP contribution >= 0.6 is 11.6 Å². The van der Waals surface area contributed by atoms with Gasteiger partial charge in [0.05, 0.1) is 31.4 Å². The van der Waals surface area contributed by atoms with Gasteiger partial charge in [-0.15, -0.1) is 0 Å². The first-order valence-corrected chi connectivity index (χ1v) is 8.77. The lowest BCUT2D eigenvalue weighted by Crippen LogP contribution is -2.47. The fourth-order valence-corrected chi connectivity index (χ4v) is 3.50. The van der Waals surface area contributed by atoms with E-state index in [9.17, 15) is 9.90 Å². The van der Waals surface area contributed by atoms with E-state index in [1.807, 2.05) is 24.3 Å². The summed E-state index contributed by atoms with van der Waals surface area (Å²) in [5.74, 6) is -0.0631. The van der Waals surface area contributed by atoms with Crippen LogP contribution in [0.15, 0.2) is 24.3 Å². The Morgan fingerprint density at radius 1 is 1.46 bits per heavy atom. The standard InChI is InChI=1S/C17H24ClN3O3/c18-13-3-1-2-12(8-13)16(21-4-6-24-7-5-21)11-20-17(23)15-9-14(22)10-19-15/h1-3,8,14-16,19,22H,4-7,9-11H2,(H,20,23)/t14-,15+,16+/m0/s1. The number of halogens is 1. The number of carbonyl (C=O) groups is 1. The SMILES string of the molecule is O=C(NC[C@H](c1cccc(Cl)c1)N1CCOCC1)[C@H]1C[C@H](O)CN1. The Balaban J connectivity index is 1.66. The highest BCUT2D eigenvalue weighted by molar-refractivity contribution is 6.30. The monoisotopic (exact) mass is 353 g/mol. The molecule has 1 aromatic carbocycles. The Morgan fingerprint density at radius 3 is 2.92 bits per heavy atom. The van der Waals surface area contributed by atoms with Gasteiger partial charge < -0.3 is 20.5 Å². The first kappa shape index (κ1) is 17.6. The van der Waals surface area contributed by atoms with Crippen LogP contribution in [0.25, 0.3) is 0 Å². The minimum absolute atomic E-state index is 0.0582. The highest BCUT2D eigenvalue weighted by Gasteiger charge is 2.29. The molecule has 3 N–H and O–H groups in total. The molecule has 0 radical (unpaired) electrons. The van der Waals surface area contributed by atoms with E-state index in [1.165, 1.54) is 0 Å². The van der Waals surface area contributed by atoms with E-state index in [-0.39, 0.29) is 18.0 Å². The summed E-state index contributed by atoms with van der Waals surface area (Å²) in [6.45, 7) is 4.02. The highest BCUT2D eigenvalue weighted by atomic mass is 35.5. The number of aliphatic hydroxyl groups excluding tert-OH is 1. The summed E-state index contributed by atoms with van der Waals surface area (Å²) in [6, 6.07) is 7.51. The van der Waals surface area contributed by atoms with E-state index in [2.05, 4.69) is 15.5 Å². The van der Waals surface area contributed by atoms with Gasteiger partial charge in [0.15, 0.2) is 0 Å². The number of aliphatic hydroxyl groups is 1. The van der Waals surface area contributed by atoms with Crippen LogP contribution in [0.1, 0.15) is 18.0 Å². The Hall–Kier alpha value is -1.18. The number of nitrogens with zero attached hydrogens (tertiary/aromatic N) is 1. The van der Waals surface area contributed by atoms with Crippen molar-refractivity contribution in [2.24, 2.45) is 0 Å². The van der Waals surface area contributed by atoms with E-state index in [1.54, 1.807) is 0 Å². The Kier molecular flexibility index (Phi) is 6.08. The molecule has 2 aliphatic rings. The van der Waals surface area contributed by atoms with Crippen molar-refractivity contribution in [2.75, 3.05) is 39.4 Å². The molecule has 0 aliphatic carbocycles. The van der Waals surface area contributed by atoms with Crippen molar-refractivity contribution < 1.29 is 14.6 Å². The van der Waals surface area contributed by atoms with Crippen LogP contribution in [-0.2, 0) is 9.53 Å². The summed E-state index contributed by atoms with van der Waals surface area (Å²) in [6.07, 6.45) is 0.0225. The number of β-amino-alcohol motifs (C(OH)–C–C–N with tert-alkyl or cyclic N) is 1. The molecule has 6 nitrogen and oxygen atoms in total. The average Bonchev–Trinajstić information content (AvgIpc) is 3.02. The predicted molar refractivity (Wildman–Crippen MR) is 92.0 cm³/mol. The Morgan fingerprint density at radius 2 is 2.25 bits per heavy atom. The molecule has 0 saturated carbocycles. The van der Waals surface area contributed by atoms with Crippen molar-refractivity contribution in [1.82, 2.24) is 15.5 Å². The molecule has 24 heavy (non-hydrogen) atoms. The van der Waals surface area contributed by atoms with E-state index in [4.69, 9.17) is 16.3 Å². The molecule has 2 aliphatic heterocycles. The first-order chi connectivity index (χ1) is 11.6. The topological polar surface area (TPSA) is 73.8 Å². The third-order valence-electron chi connectivity index (χ3n) is 4.61. The molecule has 2 heterocycles. The molecule has 3 atom stereocenters. The summed E-state index contributed by atoms with van der Waals surface area (Å²) in [7, 11) is 0. The van der Waals surface area contributed by atoms with E-state index >= 15 is 0 Å². The second-order valence-corrected chi connectivity index (χ2v) is 6.75. The number of nitrogens with one attached hydrogen (secondary N) is 2. The summed E-state index contributed by atoms with van der Waals surface area (Å²) >= 11 is 6.14. The Bertz CT molecular complexity index is 566. The summed E-state index contributed by atoms with van der Waals surface area (Å²) in [5, 5.41) is 16.3. The lowest BCUT2D eigenvalue weighted by molar-refractivity contribution is -0.123. The maximum atomic E-state index is 12.3. The zero-order valence-electron chi connectivity index (χ0n) is 13.6. The van der Waals surface area contributed by atoms with Gasteiger partial charge in [-0.2, -0.15) is 0 Å². The van der Waals surface area contributed by atoms with Crippen LogP contribution in [0.5, 0.6) is 0 Å². The predicted octanol–water partition coefficient (Wildman–Crippen LogP) is 0.552. The summed E-state index contributed by atoms with van der Waals surface area (Å²) in [5.41, 5.74) is 1.09. The zero-order chi connectivity index (χ0) is 16.9. The van der Waals surface area contributed by atoms with E-state index in [0.29, 0.717) is 37.7 Å². The van der Waals surface area contributed by atoms with Gasteiger partial charge in [-0.05, 0) is 24.1 Å². The number of morpholine rings is 1. The number of amides is 1. The van der Waals surface area contributed by atoms with Gasteiger partial charge in [0.25, 0.3) is 0 Å². The van der Waals surface area contributed by atoms with Crippen molar-refractivity contribution in [3.63, 3.8) is 0 Å². The Labute approximate surface area is 147 Å². The highest BCUT2D eigenvalue weighted by Crippen LogP contribution is 2.24. The van der Waals surface area contributed by atoms with Gasteiger partial charge in [-0.3, -0.25) is 9.69 Å². The molecule has 2 saturated heterocycles. The minimum atomic E-state index is -0.441. The molecule has 0 unspecified atom stereocenters. The molecule has 0 aromatic heterocycles. The maximum Gasteiger partial charge on any atom is 0.237 e. The fourth-order valence-electron chi connectivity index (χ4n) is 3.30. The molecule has 7 heteroatoms. The van der Waals surface area contributed by atoms with Gasteiger partial charge in [0.1, 0.15) is 0 Å². The smallest absolute Gasteiger partial charge is 0.237 e. The first-order valence-electron chi connectivity index (χ1n) is 8.40. The summed E-state index contributed by atoms with van der Waals surface area (Å²) in [4.78, 5) is 14.6. The molecular formula is C17H24ClN3O3. The molecule has 0 spiro atoms. The second-order valence-electron chi connectivity index (χ2n) is 6.31. The van der Waals surface area contributed by atoms with Crippen molar-refractivity contribution in [3.8, 4) is 0 Å². The molecule has 1 amide bonds. The number of hydrogen-bond acceptors (Lipinski definition) is 5. The lowest BCUT2D eigenvalue weighted by Gasteiger charge is -2.35. The molecule has 3 rings (SSSR count). The minimum Gasteiger partial charge on any atom is -0.392 e. The van der Waals surface area contributed by atoms with Crippen molar-refractivity contribution in [3.05, 3.63) is 34.9 Å². The quantitative estimate of drug-likeness (QED) is 0.721. The van der Waals surface area contributed by atoms with Crippen LogP contribution in [0.2, 0.25) is 5.02 Å². The third-order valence-corrected chi connectivity index (χ3v) is 4.85. The molecule has 1 aromatic rings. The van der Waals surface area contributed by atoms with Gasteiger partial charge in [0.2, 0.25) is 5.91 Å². The average molecular weight is 354 g/mol. The van der Waals surface area contributed by atoms with Gasteiger partial charge in [-0.1, -0.05) is 23.7 Å². The number of ether oxygens (including phenoxy) is 1. The van der Waals surface area contributed by atoms with Crippen molar-refractivity contribution >= 4 is 17.5 Å². The third kappa shape index (κ3) is 4.46. The molecule has 2 fully saturated rings. The number of hydrogen-bond donors (Lipinski definition) is 3. The normalized spacial score (nSPS) is 26.2. The molecule has 0 bridgehead atoms. The van der Waals surface area contributed by atoms with Crippen LogP contribution in [0.3, 0.4) is 0 Å². The van der Waals surface area contributed by atoms with Crippen LogP contribution in [-0.4, -0.2) is 67.5 Å². The van der Waals surface area contributed by atoms with Crippen LogP contribution < -0.4 is 10.6 Å². The van der Waals surface area contributed by atoms with E-state index < -0.39 is 6.10 Å². The van der Waals surface area contributed by atoms with Gasteiger partial charge in [-0.25, -0.2) is 0 Å². The largest absolute Gasteiger partial charge is 0.392 e. The van der Waals surface area contributed by atoms with Gasteiger partial charge >= 0.3 is 0 Å². The lowest BCUT2D eigenvalue weighted by atomic mass is 10.0. The van der Waals surface area contributed by atoms with Crippen molar-refractivity contribution in [2.45, 2.75) is 24.6 Å². The molecule has 132 valence electrons. The zero-order valence-corrected chi connectivity index (χ0v) is 14.3. The number of rotatable bonds is 5. The van der Waals surface area contributed by atoms with Crippen LogP contribution in [0.4, 0.5) is 0 Å². The van der Waals surface area contributed by atoms with E-state index in [0.717, 1.165) is 18.7 Å². The number of carbonyl (C=O) groups excluding carboxylic acids is 1. The maximum absolute atomic E-state index is 12.3. The van der Waals surface area contributed by atoms with Crippen molar-refractivity contribution in [1.29, 1.82) is 0 Å². The fraction of sp³-hybridized carbons (Fsp3) is 0.588. The second kappa shape index (κ2) is 8.27. The number of benzene rings is 1. The molecular weight excluding hydrogens is 330 g/mol. The van der Waals surface area contributed by atoms with Gasteiger partial charge in [0, 0.05) is 31.2 Å². The van der Waals surface area contributed by atoms with Crippen LogP contribution in [0, 0.1) is 0 Å². The summed E-state index contributed by atoms with van der Waals surface area (Å²) < 4.78 is 5.44.